The van der Waals surface area contributed by atoms with Crippen LogP contribution in [0.5, 0.6) is 0 Å². The fourth-order valence-electron chi connectivity index (χ4n) is 2.91. The lowest BCUT2D eigenvalue weighted by Gasteiger charge is -2.31. The standard InChI is InChI=1S/C13H28N4O3S/c1-20-12-13-2-7-17(8-3-13)21(18,19)15-6-11-16-9-4-14-5-10-16/h13-15H,2-12H2,1H3. The zero-order valence-corrected chi connectivity index (χ0v) is 13.7. The van der Waals surface area contributed by atoms with Gasteiger partial charge in [-0.2, -0.15) is 12.7 Å². The number of piperidine rings is 1. The van der Waals surface area contributed by atoms with Gasteiger partial charge in [0.2, 0.25) is 0 Å². The van der Waals surface area contributed by atoms with Gasteiger partial charge in [0.15, 0.2) is 0 Å². The minimum absolute atomic E-state index is 0.486. The molecule has 0 amide bonds. The average Bonchev–Trinajstić information content (AvgIpc) is 2.49. The molecule has 0 saturated carbocycles. The number of piperazine rings is 1. The summed E-state index contributed by atoms with van der Waals surface area (Å²) in [6.45, 7) is 7.13. The third-order valence-corrected chi connectivity index (χ3v) is 5.85. The first-order valence-corrected chi connectivity index (χ1v) is 9.22. The van der Waals surface area contributed by atoms with E-state index < -0.39 is 10.2 Å². The number of nitrogens with zero attached hydrogens (tertiary/aromatic N) is 2. The van der Waals surface area contributed by atoms with E-state index in [1.165, 1.54) is 0 Å². The van der Waals surface area contributed by atoms with Crippen molar-refractivity contribution in [1.29, 1.82) is 0 Å². The van der Waals surface area contributed by atoms with Crippen molar-refractivity contribution in [2.45, 2.75) is 12.8 Å². The maximum atomic E-state index is 12.2. The molecule has 2 N–H and O–H groups in total. The van der Waals surface area contributed by atoms with E-state index in [1.807, 2.05) is 0 Å². The van der Waals surface area contributed by atoms with Crippen LogP contribution in [-0.2, 0) is 14.9 Å². The summed E-state index contributed by atoms with van der Waals surface area (Å²) in [6.07, 6.45) is 1.76. The normalized spacial score (nSPS) is 23.5. The van der Waals surface area contributed by atoms with Gasteiger partial charge in [0.25, 0.3) is 10.2 Å². The minimum Gasteiger partial charge on any atom is -0.384 e. The van der Waals surface area contributed by atoms with Crippen LogP contribution in [0.3, 0.4) is 0 Å². The highest BCUT2D eigenvalue weighted by atomic mass is 32.2. The van der Waals surface area contributed by atoms with E-state index in [4.69, 9.17) is 4.74 Å². The van der Waals surface area contributed by atoms with Crippen LogP contribution in [0, 0.1) is 5.92 Å². The fourth-order valence-corrected chi connectivity index (χ4v) is 4.13. The molecular weight excluding hydrogens is 292 g/mol. The molecule has 2 heterocycles. The van der Waals surface area contributed by atoms with Crippen molar-refractivity contribution in [2.24, 2.45) is 5.92 Å². The van der Waals surface area contributed by atoms with Gasteiger partial charge in [-0.15, -0.1) is 0 Å². The Morgan fingerprint density at radius 1 is 1.19 bits per heavy atom. The molecule has 0 aromatic carbocycles. The van der Waals surface area contributed by atoms with Crippen molar-refractivity contribution in [3.05, 3.63) is 0 Å². The van der Waals surface area contributed by atoms with E-state index in [1.54, 1.807) is 11.4 Å². The molecule has 0 spiro atoms. The molecule has 2 rings (SSSR count). The molecule has 0 bridgehead atoms. The zero-order chi connectivity index (χ0) is 15.1. The van der Waals surface area contributed by atoms with E-state index in [2.05, 4.69) is 14.9 Å². The number of methoxy groups -OCH3 is 1. The number of hydrogen-bond acceptors (Lipinski definition) is 5. The molecule has 21 heavy (non-hydrogen) atoms. The first kappa shape index (κ1) is 17.1. The molecule has 0 aromatic heterocycles. The molecule has 124 valence electrons. The second kappa shape index (κ2) is 8.40. The fraction of sp³-hybridized carbons (Fsp3) is 1.00. The van der Waals surface area contributed by atoms with Gasteiger partial charge in [-0.3, -0.25) is 4.90 Å². The number of rotatable bonds is 7. The molecule has 2 fully saturated rings. The van der Waals surface area contributed by atoms with Crippen LogP contribution in [0.25, 0.3) is 0 Å². The summed E-state index contributed by atoms with van der Waals surface area (Å²) in [4.78, 5) is 2.28. The molecule has 0 unspecified atom stereocenters. The molecule has 2 aliphatic heterocycles. The van der Waals surface area contributed by atoms with Crippen LogP contribution in [-0.4, -0.2) is 83.7 Å². The third kappa shape index (κ3) is 5.46. The molecule has 0 aliphatic carbocycles. The molecule has 0 radical (unpaired) electrons. The van der Waals surface area contributed by atoms with Crippen LogP contribution >= 0.6 is 0 Å². The summed E-state index contributed by atoms with van der Waals surface area (Å²) in [5, 5.41) is 3.29. The summed E-state index contributed by atoms with van der Waals surface area (Å²) < 4.78 is 33.9. The highest BCUT2D eigenvalue weighted by Crippen LogP contribution is 2.18. The van der Waals surface area contributed by atoms with E-state index in [-0.39, 0.29) is 0 Å². The van der Waals surface area contributed by atoms with Crippen molar-refractivity contribution in [3.8, 4) is 0 Å². The van der Waals surface area contributed by atoms with Gasteiger partial charge in [0.05, 0.1) is 0 Å². The molecule has 7 nitrogen and oxygen atoms in total. The predicted molar refractivity (Wildman–Crippen MR) is 82.4 cm³/mol. The monoisotopic (exact) mass is 320 g/mol. The van der Waals surface area contributed by atoms with Crippen LogP contribution < -0.4 is 10.0 Å². The maximum absolute atomic E-state index is 12.2. The van der Waals surface area contributed by atoms with Crippen LogP contribution in [0.4, 0.5) is 0 Å². The lowest BCUT2D eigenvalue weighted by molar-refractivity contribution is 0.121. The summed E-state index contributed by atoms with van der Waals surface area (Å²) in [6, 6.07) is 0. The molecule has 0 aromatic rings. The second-order valence-electron chi connectivity index (χ2n) is 5.79. The zero-order valence-electron chi connectivity index (χ0n) is 12.9. The topological polar surface area (TPSA) is 73.9 Å². The second-order valence-corrected chi connectivity index (χ2v) is 7.54. The third-order valence-electron chi connectivity index (χ3n) is 4.24. The first-order chi connectivity index (χ1) is 10.1. The van der Waals surface area contributed by atoms with Gasteiger partial charge in [-0.1, -0.05) is 0 Å². The first-order valence-electron chi connectivity index (χ1n) is 7.78. The van der Waals surface area contributed by atoms with Gasteiger partial charge >= 0.3 is 0 Å². The van der Waals surface area contributed by atoms with Crippen molar-refractivity contribution < 1.29 is 13.2 Å². The number of nitrogens with one attached hydrogen (secondary N) is 2. The largest absolute Gasteiger partial charge is 0.384 e. The molecular formula is C13H28N4O3S. The Hall–Kier alpha value is -0.250. The van der Waals surface area contributed by atoms with Crippen LogP contribution in [0.1, 0.15) is 12.8 Å². The Morgan fingerprint density at radius 2 is 1.86 bits per heavy atom. The SMILES string of the molecule is COCC1CCN(S(=O)(=O)NCCN2CCNCC2)CC1. The predicted octanol–water partition coefficient (Wildman–Crippen LogP) is -0.916. The van der Waals surface area contributed by atoms with Gasteiger partial charge in [0.1, 0.15) is 0 Å². The van der Waals surface area contributed by atoms with E-state index >= 15 is 0 Å². The quantitative estimate of drug-likeness (QED) is 0.635. The van der Waals surface area contributed by atoms with E-state index in [9.17, 15) is 8.42 Å². The van der Waals surface area contributed by atoms with Crippen molar-refractivity contribution >= 4 is 10.2 Å². The minimum atomic E-state index is -3.32. The maximum Gasteiger partial charge on any atom is 0.279 e. The molecule has 2 aliphatic rings. The smallest absolute Gasteiger partial charge is 0.279 e. The van der Waals surface area contributed by atoms with Crippen molar-refractivity contribution in [1.82, 2.24) is 19.2 Å². The van der Waals surface area contributed by atoms with Gasteiger partial charge in [-0.25, -0.2) is 4.72 Å². The lowest BCUT2D eigenvalue weighted by Crippen LogP contribution is -2.49. The highest BCUT2D eigenvalue weighted by Gasteiger charge is 2.27. The summed E-state index contributed by atoms with van der Waals surface area (Å²) in [5.74, 6) is 0.488. The molecule has 2 saturated heterocycles. The molecule has 8 heteroatoms. The van der Waals surface area contributed by atoms with E-state index in [0.717, 1.165) is 52.2 Å². The highest BCUT2D eigenvalue weighted by molar-refractivity contribution is 7.87. The number of hydrogen-bond donors (Lipinski definition) is 2. The molecule has 0 atom stereocenters. The van der Waals surface area contributed by atoms with Crippen LogP contribution in [0.15, 0.2) is 0 Å². The summed E-state index contributed by atoms with van der Waals surface area (Å²) >= 11 is 0. The Bertz CT molecular complexity index is 390. The summed E-state index contributed by atoms with van der Waals surface area (Å²) in [7, 11) is -1.63. The van der Waals surface area contributed by atoms with Gasteiger partial charge in [-0.05, 0) is 18.8 Å². The van der Waals surface area contributed by atoms with E-state index in [0.29, 0.717) is 25.6 Å². The Morgan fingerprint density at radius 3 is 2.48 bits per heavy atom. The van der Waals surface area contributed by atoms with Crippen LogP contribution in [0.2, 0.25) is 0 Å². The Kier molecular flexibility index (Phi) is 6.84. The average molecular weight is 320 g/mol. The van der Waals surface area contributed by atoms with Crippen molar-refractivity contribution in [3.63, 3.8) is 0 Å². The van der Waals surface area contributed by atoms with Gasteiger partial charge < -0.3 is 10.1 Å². The Balaban J connectivity index is 1.69. The number of ether oxygens (including phenoxy) is 1. The van der Waals surface area contributed by atoms with Crippen molar-refractivity contribution in [2.75, 3.05) is 66.1 Å². The summed E-state index contributed by atoms with van der Waals surface area (Å²) in [5.41, 5.74) is 0. The lowest BCUT2D eigenvalue weighted by atomic mass is 9.99. The Labute approximate surface area is 128 Å². The van der Waals surface area contributed by atoms with Gasteiger partial charge in [0, 0.05) is 66.1 Å².